The maximum Gasteiger partial charge on any atom is 0.274 e. The Kier molecular flexibility index (Phi) is 6.19. The predicted molar refractivity (Wildman–Crippen MR) is 76.5 cm³/mol. The van der Waals surface area contributed by atoms with Gasteiger partial charge in [0.05, 0.1) is 26.4 Å². The first-order valence-corrected chi connectivity index (χ1v) is 8.48. The van der Waals surface area contributed by atoms with Gasteiger partial charge in [0.15, 0.2) is 0 Å². The van der Waals surface area contributed by atoms with Crippen molar-refractivity contribution in [1.82, 2.24) is 10.0 Å². The molecule has 1 aliphatic rings. The van der Waals surface area contributed by atoms with E-state index in [1.165, 1.54) is 18.9 Å². The molecule has 1 aliphatic carbocycles. The largest absolute Gasteiger partial charge is 0.447 e. The van der Waals surface area contributed by atoms with E-state index in [9.17, 15) is 8.42 Å². The van der Waals surface area contributed by atoms with E-state index < -0.39 is 10.0 Å². The highest BCUT2D eigenvalue weighted by Crippen LogP contribution is 2.20. The summed E-state index contributed by atoms with van der Waals surface area (Å²) in [5, 5.41) is 3.21. The van der Waals surface area contributed by atoms with Crippen molar-refractivity contribution in [3.8, 4) is 0 Å². The van der Waals surface area contributed by atoms with Gasteiger partial charge in [-0.15, -0.1) is 0 Å². The number of hydrogen-bond donors (Lipinski definition) is 2. The molecule has 7 nitrogen and oxygen atoms in total. The number of nitrogens with one attached hydrogen (secondary N) is 2. The van der Waals surface area contributed by atoms with E-state index in [1.54, 1.807) is 13.2 Å². The van der Waals surface area contributed by atoms with Crippen LogP contribution in [0.5, 0.6) is 0 Å². The molecule has 0 aliphatic heterocycles. The fourth-order valence-corrected chi connectivity index (χ4v) is 2.65. The minimum Gasteiger partial charge on any atom is -0.447 e. The van der Waals surface area contributed by atoms with Gasteiger partial charge in [-0.05, 0) is 25.0 Å². The molecular formula is C13H22N2O5S. The van der Waals surface area contributed by atoms with Crippen LogP contribution < -0.4 is 10.0 Å². The van der Waals surface area contributed by atoms with Gasteiger partial charge in [0, 0.05) is 19.7 Å². The Morgan fingerprint density at radius 1 is 1.29 bits per heavy atom. The minimum atomic E-state index is -3.61. The zero-order chi connectivity index (χ0) is 15.1. The summed E-state index contributed by atoms with van der Waals surface area (Å²) >= 11 is 0. The quantitative estimate of drug-likeness (QED) is 0.577. The van der Waals surface area contributed by atoms with Crippen molar-refractivity contribution in [3.63, 3.8) is 0 Å². The Morgan fingerprint density at radius 2 is 2.10 bits per heavy atom. The summed E-state index contributed by atoms with van der Waals surface area (Å²) in [7, 11) is -2.03. The van der Waals surface area contributed by atoms with Crippen molar-refractivity contribution >= 4 is 10.0 Å². The van der Waals surface area contributed by atoms with E-state index >= 15 is 0 Å². The van der Waals surface area contributed by atoms with Gasteiger partial charge in [-0.2, -0.15) is 0 Å². The lowest BCUT2D eigenvalue weighted by atomic mass is 10.4. The maximum absolute atomic E-state index is 12.0. The third-order valence-electron chi connectivity index (χ3n) is 3.01. The monoisotopic (exact) mass is 318 g/mol. The molecule has 1 saturated carbocycles. The smallest absolute Gasteiger partial charge is 0.274 e. The van der Waals surface area contributed by atoms with E-state index in [0.29, 0.717) is 38.2 Å². The predicted octanol–water partition coefficient (Wildman–Crippen LogP) is 0.473. The van der Waals surface area contributed by atoms with Crippen LogP contribution in [0.15, 0.2) is 21.6 Å². The van der Waals surface area contributed by atoms with Crippen LogP contribution in [-0.2, 0) is 26.0 Å². The van der Waals surface area contributed by atoms with Crippen LogP contribution >= 0.6 is 0 Å². The van der Waals surface area contributed by atoms with Crippen molar-refractivity contribution in [2.75, 3.05) is 33.5 Å². The Hall–Kier alpha value is -0.930. The Morgan fingerprint density at radius 3 is 2.81 bits per heavy atom. The molecule has 1 heterocycles. The first kappa shape index (κ1) is 16.4. The van der Waals surface area contributed by atoms with E-state index in [4.69, 9.17) is 13.9 Å². The third-order valence-corrected chi connectivity index (χ3v) is 4.35. The summed E-state index contributed by atoms with van der Waals surface area (Å²) in [6.45, 7) is 1.97. The van der Waals surface area contributed by atoms with Gasteiger partial charge in [-0.1, -0.05) is 0 Å². The SMILES string of the molecule is COCCOCCNS(=O)(=O)c1ccc(CNC2CC2)o1. The van der Waals surface area contributed by atoms with Crippen molar-refractivity contribution in [3.05, 3.63) is 17.9 Å². The number of rotatable bonds is 11. The number of hydrogen-bond acceptors (Lipinski definition) is 6. The van der Waals surface area contributed by atoms with Crippen molar-refractivity contribution in [1.29, 1.82) is 0 Å². The van der Waals surface area contributed by atoms with Crippen LogP contribution in [0.4, 0.5) is 0 Å². The van der Waals surface area contributed by atoms with Crippen LogP contribution in [0.3, 0.4) is 0 Å². The summed E-state index contributed by atoms with van der Waals surface area (Å²) in [5.74, 6) is 0.624. The fourth-order valence-electron chi connectivity index (χ4n) is 1.69. The van der Waals surface area contributed by atoms with E-state index in [2.05, 4.69) is 10.0 Å². The minimum absolute atomic E-state index is 0.0630. The van der Waals surface area contributed by atoms with Gasteiger partial charge in [-0.3, -0.25) is 0 Å². The van der Waals surface area contributed by atoms with E-state index in [0.717, 1.165) is 0 Å². The normalized spacial score (nSPS) is 15.5. The molecule has 2 rings (SSSR count). The number of ether oxygens (including phenoxy) is 2. The van der Waals surface area contributed by atoms with Gasteiger partial charge in [0.2, 0.25) is 5.09 Å². The molecule has 1 fully saturated rings. The molecule has 8 heteroatoms. The average molecular weight is 318 g/mol. The summed E-state index contributed by atoms with van der Waals surface area (Å²) in [4.78, 5) is 0. The van der Waals surface area contributed by atoms with Crippen molar-refractivity contribution in [2.45, 2.75) is 30.5 Å². The topological polar surface area (TPSA) is 89.8 Å². The van der Waals surface area contributed by atoms with Crippen LogP contribution in [-0.4, -0.2) is 47.9 Å². The second-order valence-corrected chi connectivity index (χ2v) is 6.58. The lowest BCUT2D eigenvalue weighted by Gasteiger charge is -2.05. The molecule has 0 unspecified atom stereocenters. The molecule has 21 heavy (non-hydrogen) atoms. The summed E-state index contributed by atoms with van der Waals surface area (Å²) in [5.41, 5.74) is 0. The summed E-state index contributed by atoms with van der Waals surface area (Å²) in [6.07, 6.45) is 2.35. The molecule has 1 aromatic rings. The van der Waals surface area contributed by atoms with Gasteiger partial charge in [-0.25, -0.2) is 13.1 Å². The van der Waals surface area contributed by atoms with Crippen LogP contribution in [0.25, 0.3) is 0 Å². The molecule has 0 atom stereocenters. The highest BCUT2D eigenvalue weighted by Gasteiger charge is 2.22. The first-order chi connectivity index (χ1) is 10.1. The lowest BCUT2D eigenvalue weighted by molar-refractivity contribution is 0.0736. The molecule has 0 amide bonds. The fraction of sp³-hybridized carbons (Fsp3) is 0.692. The molecule has 1 aromatic heterocycles. The van der Waals surface area contributed by atoms with Crippen LogP contribution in [0.2, 0.25) is 0 Å². The second kappa shape index (κ2) is 7.90. The zero-order valence-electron chi connectivity index (χ0n) is 12.1. The van der Waals surface area contributed by atoms with Crippen LogP contribution in [0, 0.1) is 0 Å². The second-order valence-electron chi connectivity index (χ2n) is 4.88. The van der Waals surface area contributed by atoms with Gasteiger partial charge in [0.1, 0.15) is 5.76 Å². The molecule has 2 N–H and O–H groups in total. The van der Waals surface area contributed by atoms with E-state index in [-0.39, 0.29) is 11.6 Å². The third kappa shape index (κ3) is 5.76. The molecular weight excluding hydrogens is 296 g/mol. The first-order valence-electron chi connectivity index (χ1n) is 7.00. The zero-order valence-corrected chi connectivity index (χ0v) is 12.9. The number of methoxy groups -OCH3 is 1. The average Bonchev–Trinajstić information content (AvgIpc) is 3.16. The Balaban J connectivity index is 1.73. The Labute approximate surface area is 125 Å². The molecule has 0 saturated heterocycles. The standard InChI is InChI=1S/C13H22N2O5S/c1-18-8-9-19-7-6-15-21(16,17)13-5-4-12(20-13)10-14-11-2-3-11/h4-5,11,14-15H,2-3,6-10H2,1H3. The van der Waals surface area contributed by atoms with Gasteiger partial charge in [0.25, 0.3) is 10.0 Å². The molecule has 0 bridgehead atoms. The Bertz CT molecular complexity index is 524. The highest BCUT2D eigenvalue weighted by atomic mass is 32.2. The lowest BCUT2D eigenvalue weighted by Crippen LogP contribution is -2.27. The van der Waals surface area contributed by atoms with Crippen molar-refractivity contribution in [2.24, 2.45) is 0 Å². The number of furan rings is 1. The number of sulfonamides is 1. The summed E-state index contributed by atoms with van der Waals surface area (Å²) in [6, 6.07) is 3.70. The van der Waals surface area contributed by atoms with Gasteiger partial charge < -0.3 is 19.2 Å². The molecule has 0 spiro atoms. The van der Waals surface area contributed by atoms with E-state index in [1.807, 2.05) is 0 Å². The molecule has 120 valence electrons. The van der Waals surface area contributed by atoms with Crippen molar-refractivity contribution < 1.29 is 22.3 Å². The molecule has 0 aromatic carbocycles. The summed E-state index contributed by atoms with van der Waals surface area (Å²) < 4.78 is 41.8. The maximum atomic E-state index is 12.0. The molecule has 0 radical (unpaired) electrons. The highest BCUT2D eigenvalue weighted by molar-refractivity contribution is 7.89. The van der Waals surface area contributed by atoms with Gasteiger partial charge >= 0.3 is 0 Å². The van der Waals surface area contributed by atoms with Crippen LogP contribution in [0.1, 0.15) is 18.6 Å².